The van der Waals surface area contributed by atoms with E-state index in [0.717, 1.165) is 10.6 Å². The van der Waals surface area contributed by atoms with Gasteiger partial charge in [0.25, 0.3) is 5.91 Å². The Morgan fingerprint density at radius 2 is 2.13 bits per heavy atom. The second-order valence-electron chi connectivity index (χ2n) is 5.36. The van der Waals surface area contributed by atoms with E-state index in [0.29, 0.717) is 13.0 Å². The molecule has 10 heteroatoms. The van der Waals surface area contributed by atoms with Crippen LogP contribution in [-0.4, -0.2) is 93.0 Å². The molecular weight excluding hydrogens is 328 g/mol. The average molecular weight is 352 g/mol. The number of hydrogen-bond acceptors (Lipinski definition) is 6. The molecule has 2 atom stereocenters. The van der Waals surface area contributed by atoms with Gasteiger partial charge in [-0.25, -0.2) is 8.42 Å². The van der Waals surface area contributed by atoms with E-state index in [9.17, 15) is 18.0 Å². The first-order valence-electron chi connectivity index (χ1n) is 7.29. The molecule has 1 N–H and O–H groups in total. The number of morpholine rings is 1. The Hall–Kier alpha value is -1.23. The van der Waals surface area contributed by atoms with Crippen molar-refractivity contribution in [2.75, 3.05) is 46.2 Å². The minimum absolute atomic E-state index is 0.112. The highest BCUT2D eigenvalue weighted by Gasteiger charge is 2.31. The van der Waals surface area contributed by atoms with E-state index in [1.807, 2.05) is 6.92 Å². The number of carbonyl (C=O) groups is 2. The minimum Gasteiger partial charge on any atom is -0.480 e. The van der Waals surface area contributed by atoms with Crippen LogP contribution in [0.3, 0.4) is 0 Å². The molecule has 0 saturated carbocycles. The zero-order valence-electron chi connectivity index (χ0n) is 13.6. The van der Waals surface area contributed by atoms with E-state index in [-0.39, 0.29) is 25.6 Å². The third kappa shape index (κ3) is 6.05. The van der Waals surface area contributed by atoms with Crippen molar-refractivity contribution in [2.24, 2.45) is 0 Å². The van der Waals surface area contributed by atoms with Crippen LogP contribution in [-0.2, 0) is 29.1 Å². The van der Waals surface area contributed by atoms with Crippen molar-refractivity contribution in [3.8, 4) is 0 Å². The van der Waals surface area contributed by atoms with Gasteiger partial charge in [-0.2, -0.15) is 4.31 Å². The van der Waals surface area contributed by atoms with Gasteiger partial charge in [-0.3, -0.25) is 9.59 Å². The second-order valence-corrected chi connectivity index (χ2v) is 7.34. The number of ether oxygens (including phenoxy) is 2. The van der Waals surface area contributed by atoms with E-state index in [2.05, 4.69) is 0 Å². The second kappa shape index (κ2) is 8.57. The van der Waals surface area contributed by atoms with Crippen molar-refractivity contribution >= 4 is 21.9 Å². The van der Waals surface area contributed by atoms with E-state index in [1.165, 1.54) is 7.11 Å². The highest BCUT2D eigenvalue weighted by Crippen LogP contribution is 2.12. The first-order valence-corrected chi connectivity index (χ1v) is 9.14. The maximum Gasteiger partial charge on any atom is 0.318 e. The maximum absolute atomic E-state index is 12.3. The minimum atomic E-state index is -3.68. The maximum atomic E-state index is 12.3. The summed E-state index contributed by atoms with van der Waals surface area (Å²) in [7, 11) is -2.22. The monoisotopic (exact) mass is 352 g/mol. The van der Waals surface area contributed by atoms with Gasteiger partial charge < -0.3 is 19.5 Å². The Kier molecular flexibility index (Phi) is 7.39. The summed E-state index contributed by atoms with van der Waals surface area (Å²) in [5, 5.41) is 8.83. The molecule has 1 aliphatic rings. The first kappa shape index (κ1) is 19.8. The molecule has 1 saturated heterocycles. The summed E-state index contributed by atoms with van der Waals surface area (Å²) in [6.45, 7) is 1.95. The summed E-state index contributed by atoms with van der Waals surface area (Å²) in [5.74, 6) is -1.42. The summed E-state index contributed by atoms with van der Waals surface area (Å²) >= 11 is 0. The van der Waals surface area contributed by atoms with Crippen LogP contribution in [0.25, 0.3) is 0 Å². The molecule has 134 valence electrons. The van der Waals surface area contributed by atoms with Gasteiger partial charge >= 0.3 is 5.97 Å². The number of carbonyl (C=O) groups excluding carboxylic acids is 1. The quantitative estimate of drug-likeness (QED) is 0.595. The van der Waals surface area contributed by atoms with Gasteiger partial charge in [-0.15, -0.1) is 0 Å². The normalized spacial score (nSPS) is 20.5. The molecule has 0 aromatic heterocycles. The number of carboxylic acids is 1. The third-order valence-electron chi connectivity index (χ3n) is 3.57. The molecule has 0 aliphatic carbocycles. The van der Waals surface area contributed by atoms with Gasteiger partial charge in [-0.1, -0.05) is 6.92 Å². The average Bonchev–Trinajstić information content (AvgIpc) is 2.46. The summed E-state index contributed by atoms with van der Waals surface area (Å²) in [6.07, 6.45) is 0.362. The van der Waals surface area contributed by atoms with Crippen LogP contribution in [0.15, 0.2) is 0 Å². The molecule has 0 spiro atoms. The number of hydrogen-bond donors (Lipinski definition) is 1. The van der Waals surface area contributed by atoms with Crippen LogP contribution in [0.2, 0.25) is 0 Å². The fraction of sp³-hybridized carbons (Fsp3) is 0.846. The molecule has 2 unspecified atom stereocenters. The largest absolute Gasteiger partial charge is 0.480 e. The predicted octanol–water partition coefficient (Wildman–Crippen LogP) is -1.01. The van der Waals surface area contributed by atoms with Crippen LogP contribution in [0.1, 0.15) is 13.3 Å². The van der Waals surface area contributed by atoms with Crippen LogP contribution in [0.5, 0.6) is 0 Å². The molecular formula is C13H24N2O7S. The highest BCUT2D eigenvalue weighted by atomic mass is 32.2. The summed E-state index contributed by atoms with van der Waals surface area (Å²) < 4.78 is 34.8. The molecule has 0 aromatic rings. The summed E-state index contributed by atoms with van der Waals surface area (Å²) in [4.78, 5) is 24.7. The number of aliphatic carboxylic acids is 1. The van der Waals surface area contributed by atoms with Gasteiger partial charge in [0.05, 0.1) is 19.0 Å². The predicted molar refractivity (Wildman–Crippen MR) is 81.5 cm³/mol. The van der Waals surface area contributed by atoms with Crippen molar-refractivity contribution < 1.29 is 32.6 Å². The molecule has 0 radical (unpaired) electrons. The Bertz CT molecular complexity index is 518. The molecule has 0 bridgehead atoms. The number of nitrogens with zero attached hydrogens (tertiary/aromatic N) is 2. The van der Waals surface area contributed by atoms with Crippen LogP contribution >= 0.6 is 0 Å². The lowest BCUT2D eigenvalue weighted by molar-refractivity contribution is -0.150. The van der Waals surface area contributed by atoms with Gasteiger partial charge in [0.15, 0.2) is 0 Å². The number of amides is 1. The van der Waals surface area contributed by atoms with Crippen molar-refractivity contribution in [1.82, 2.24) is 9.21 Å². The molecule has 1 fully saturated rings. The highest BCUT2D eigenvalue weighted by molar-refractivity contribution is 7.88. The molecule has 9 nitrogen and oxygen atoms in total. The van der Waals surface area contributed by atoms with Crippen molar-refractivity contribution in [3.05, 3.63) is 0 Å². The zero-order chi connectivity index (χ0) is 17.6. The Labute approximate surface area is 136 Å². The third-order valence-corrected chi connectivity index (χ3v) is 4.79. The van der Waals surface area contributed by atoms with Crippen LogP contribution in [0, 0.1) is 0 Å². The zero-order valence-corrected chi connectivity index (χ0v) is 14.4. The molecule has 0 aromatic carbocycles. The number of sulfonamides is 1. The number of rotatable bonds is 8. The number of carboxylic acid groups (broad SMARTS) is 1. The van der Waals surface area contributed by atoms with Crippen LogP contribution in [0.4, 0.5) is 0 Å². The Morgan fingerprint density at radius 3 is 2.61 bits per heavy atom. The SMILES string of the molecule is CCC(OC)C(=O)N1CCOC(CN(CC(=O)O)S(C)(=O)=O)C1. The van der Waals surface area contributed by atoms with E-state index >= 15 is 0 Å². The van der Waals surface area contributed by atoms with Gasteiger partial charge in [0, 0.05) is 26.7 Å². The summed E-state index contributed by atoms with van der Waals surface area (Å²) in [5.41, 5.74) is 0. The van der Waals surface area contributed by atoms with E-state index < -0.39 is 34.7 Å². The smallest absolute Gasteiger partial charge is 0.318 e. The first-order chi connectivity index (χ1) is 10.7. The van der Waals surface area contributed by atoms with Crippen molar-refractivity contribution in [2.45, 2.75) is 25.6 Å². The molecule has 1 rings (SSSR count). The molecule has 1 amide bonds. The van der Waals surface area contributed by atoms with Crippen molar-refractivity contribution in [3.63, 3.8) is 0 Å². The van der Waals surface area contributed by atoms with E-state index in [4.69, 9.17) is 14.6 Å². The topological polar surface area (TPSA) is 113 Å². The standard InChI is InChI=1S/C13H24N2O7S/c1-4-11(21-2)13(18)14-5-6-22-10(7-14)8-15(9-12(16)17)23(3,19)20/h10-11H,4-9H2,1-3H3,(H,16,17). The fourth-order valence-electron chi connectivity index (χ4n) is 2.37. The van der Waals surface area contributed by atoms with Gasteiger partial charge in [-0.05, 0) is 6.42 Å². The van der Waals surface area contributed by atoms with E-state index in [1.54, 1.807) is 4.90 Å². The molecule has 23 heavy (non-hydrogen) atoms. The van der Waals surface area contributed by atoms with Gasteiger partial charge in [0.2, 0.25) is 10.0 Å². The van der Waals surface area contributed by atoms with Gasteiger partial charge in [0.1, 0.15) is 12.6 Å². The van der Waals surface area contributed by atoms with Crippen molar-refractivity contribution in [1.29, 1.82) is 0 Å². The fourth-order valence-corrected chi connectivity index (χ4v) is 3.15. The lowest BCUT2D eigenvalue weighted by atomic mass is 10.2. The summed E-state index contributed by atoms with van der Waals surface area (Å²) in [6, 6.07) is 0. The molecule has 1 heterocycles. The Balaban J connectivity index is 2.73. The lowest BCUT2D eigenvalue weighted by Crippen LogP contribution is -2.53. The Morgan fingerprint density at radius 1 is 1.48 bits per heavy atom. The molecule has 1 aliphatic heterocycles. The lowest BCUT2D eigenvalue weighted by Gasteiger charge is -2.36. The number of methoxy groups -OCH3 is 1. The van der Waals surface area contributed by atoms with Crippen LogP contribution < -0.4 is 0 Å².